The molecule has 3 amide bonds. The second kappa shape index (κ2) is 9.85. The van der Waals surface area contributed by atoms with Crippen molar-refractivity contribution in [1.82, 2.24) is 10.2 Å². The van der Waals surface area contributed by atoms with Crippen LogP contribution in [0.25, 0.3) is 0 Å². The molecule has 3 aliphatic rings. The predicted octanol–water partition coefficient (Wildman–Crippen LogP) is 4.84. The molecule has 1 aliphatic heterocycles. The molecule has 0 aromatic rings. The molecule has 0 radical (unpaired) electrons. The summed E-state index contributed by atoms with van der Waals surface area (Å²) < 4.78 is 40.9. The lowest BCUT2D eigenvalue weighted by Gasteiger charge is -2.44. The number of rotatable bonds is 6. The number of nitrogens with zero attached hydrogens (tertiary/aromatic N) is 1. The first-order chi connectivity index (χ1) is 15.0. The fourth-order valence-corrected chi connectivity index (χ4v) is 5.45. The van der Waals surface area contributed by atoms with Crippen LogP contribution in [0.15, 0.2) is 23.3 Å². The summed E-state index contributed by atoms with van der Waals surface area (Å²) in [6, 6.07) is -4.88. The molecular formula is C22H28ClF3N2O4. The van der Waals surface area contributed by atoms with Gasteiger partial charge in [0.25, 0.3) is 0 Å². The van der Waals surface area contributed by atoms with Crippen LogP contribution in [0.3, 0.4) is 0 Å². The van der Waals surface area contributed by atoms with E-state index >= 15 is 0 Å². The highest BCUT2D eigenvalue weighted by Gasteiger charge is 2.56. The summed E-state index contributed by atoms with van der Waals surface area (Å²) in [6.45, 7) is 1.95. The lowest BCUT2D eigenvalue weighted by molar-refractivity contribution is -0.173. The van der Waals surface area contributed by atoms with E-state index in [0.29, 0.717) is 42.0 Å². The topological polar surface area (TPSA) is 86.7 Å². The van der Waals surface area contributed by atoms with Gasteiger partial charge in [0.15, 0.2) is 6.04 Å². The van der Waals surface area contributed by atoms with E-state index in [-0.39, 0.29) is 18.3 Å². The molecule has 0 aromatic heterocycles. The number of alkyl halides is 3. The average Bonchev–Trinajstić information content (AvgIpc) is 2.71. The largest absolute Gasteiger partial charge is 0.480 e. The fraction of sp³-hybridized carbons (Fsp3) is 0.682. The van der Waals surface area contributed by atoms with Crippen LogP contribution in [0.5, 0.6) is 0 Å². The summed E-state index contributed by atoms with van der Waals surface area (Å²) in [5.41, 5.74) is 0. The number of carbonyl (C=O) groups excluding carboxylic acids is 2. The first-order valence-electron chi connectivity index (χ1n) is 11.0. The molecule has 10 heteroatoms. The standard InChI is InChI=1S/C22H28ClF3N2O4/c1-12-6-5-9-16(23)14(12)10-11-15-17(20(30)31)28(19(15)29)21(32)27-18(22(24,25)26)13-7-3-2-4-8-13/h5-6,9,12-15,17-18H,2-4,7-8,10-11H2,1H3,(H,27,32)(H,30,31)/t12?,14?,15-,17+,18+/m1/s1. The van der Waals surface area contributed by atoms with Gasteiger partial charge in [-0.2, -0.15) is 13.2 Å². The molecule has 1 saturated heterocycles. The summed E-state index contributed by atoms with van der Waals surface area (Å²) in [5, 5.41) is 12.1. The van der Waals surface area contributed by atoms with E-state index < -0.39 is 48.0 Å². The summed E-state index contributed by atoms with van der Waals surface area (Å²) in [4.78, 5) is 37.4. The Bertz CT molecular complexity index is 807. The quantitative estimate of drug-likeness (QED) is 0.537. The molecule has 1 heterocycles. The molecule has 178 valence electrons. The molecule has 2 aliphatic carbocycles. The van der Waals surface area contributed by atoms with Crippen LogP contribution in [-0.4, -0.2) is 46.2 Å². The maximum Gasteiger partial charge on any atom is 0.408 e. The number of carboxylic acids is 1. The molecule has 1 saturated carbocycles. The van der Waals surface area contributed by atoms with E-state index in [0.717, 1.165) is 6.42 Å². The van der Waals surface area contributed by atoms with Crippen molar-refractivity contribution >= 4 is 29.5 Å². The first kappa shape index (κ1) is 24.6. The van der Waals surface area contributed by atoms with Gasteiger partial charge in [-0.15, -0.1) is 0 Å². The van der Waals surface area contributed by atoms with Gasteiger partial charge < -0.3 is 10.4 Å². The van der Waals surface area contributed by atoms with Crippen LogP contribution in [0.2, 0.25) is 0 Å². The highest BCUT2D eigenvalue weighted by Crippen LogP contribution is 2.39. The highest BCUT2D eigenvalue weighted by molar-refractivity contribution is 6.30. The molecule has 0 aromatic carbocycles. The summed E-state index contributed by atoms with van der Waals surface area (Å²) >= 11 is 6.24. The number of aliphatic carboxylic acids is 1. The van der Waals surface area contributed by atoms with Gasteiger partial charge in [-0.1, -0.05) is 49.9 Å². The smallest absolute Gasteiger partial charge is 0.408 e. The Morgan fingerprint density at radius 2 is 1.84 bits per heavy atom. The zero-order valence-corrected chi connectivity index (χ0v) is 18.5. The van der Waals surface area contributed by atoms with E-state index in [4.69, 9.17) is 11.6 Å². The van der Waals surface area contributed by atoms with Gasteiger partial charge in [-0.05, 0) is 43.6 Å². The van der Waals surface area contributed by atoms with Gasteiger partial charge >= 0.3 is 18.2 Å². The number of hydrogen-bond acceptors (Lipinski definition) is 3. The molecule has 2 unspecified atom stereocenters. The summed E-state index contributed by atoms with van der Waals surface area (Å²) in [6.07, 6.45) is 4.23. The van der Waals surface area contributed by atoms with Crippen LogP contribution >= 0.6 is 11.6 Å². The van der Waals surface area contributed by atoms with E-state index in [2.05, 4.69) is 0 Å². The molecule has 3 rings (SSSR count). The van der Waals surface area contributed by atoms with Gasteiger partial charge in [-0.3, -0.25) is 4.79 Å². The zero-order chi connectivity index (χ0) is 23.6. The van der Waals surface area contributed by atoms with Crippen molar-refractivity contribution in [3.63, 3.8) is 0 Å². The number of halogens is 4. The third-order valence-electron chi connectivity index (χ3n) is 6.89. The minimum atomic E-state index is -4.68. The fourth-order valence-electron chi connectivity index (χ4n) is 5.07. The second-order valence-corrected chi connectivity index (χ2v) is 9.38. The number of carbonyl (C=O) groups is 3. The normalized spacial score (nSPS) is 29.8. The maximum atomic E-state index is 13.6. The van der Waals surface area contributed by atoms with Gasteiger partial charge in [0, 0.05) is 11.0 Å². The minimum Gasteiger partial charge on any atom is -0.480 e. The number of urea groups is 1. The Labute approximate surface area is 189 Å². The SMILES string of the molecule is CC1C=CC=C(Cl)C1CC[C@H]1C(=O)N(C(=O)N[C@@H](C2CCCCC2)C(F)(F)F)[C@@H]1C(=O)O. The first-order valence-corrected chi connectivity index (χ1v) is 11.4. The Morgan fingerprint density at radius 3 is 2.41 bits per heavy atom. The number of amides is 3. The van der Waals surface area contributed by atoms with Crippen molar-refractivity contribution in [3.05, 3.63) is 23.3 Å². The van der Waals surface area contributed by atoms with E-state index in [1.807, 2.05) is 24.4 Å². The number of nitrogens with one attached hydrogen (secondary N) is 1. The van der Waals surface area contributed by atoms with Crippen LogP contribution in [0.4, 0.5) is 18.0 Å². The number of likely N-dealkylation sites (tertiary alicyclic amines) is 1. The monoisotopic (exact) mass is 476 g/mol. The van der Waals surface area contributed by atoms with Gasteiger partial charge in [0.2, 0.25) is 5.91 Å². The number of β-lactam (4-membered cyclic amide) rings is 1. The Morgan fingerprint density at radius 1 is 1.22 bits per heavy atom. The summed E-state index contributed by atoms with van der Waals surface area (Å²) in [7, 11) is 0. The average molecular weight is 477 g/mol. The molecule has 32 heavy (non-hydrogen) atoms. The van der Waals surface area contributed by atoms with Crippen molar-refractivity contribution in [2.45, 2.75) is 70.1 Å². The van der Waals surface area contributed by atoms with Crippen molar-refractivity contribution < 1.29 is 32.7 Å². The van der Waals surface area contributed by atoms with E-state index in [1.54, 1.807) is 6.08 Å². The number of carboxylic acid groups (broad SMARTS) is 1. The molecule has 6 nitrogen and oxygen atoms in total. The van der Waals surface area contributed by atoms with Crippen molar-refractivity contribution in [2.24, 2.45) is 23.7 Å². The van der Waals surface area contributed by atoms with Crippen LogP contribution in [0.1, 0.15) is 51.9 Å². The van der Waals surface area contributed by atoms with Crippen LogP contribution in [0, 0.1) is 23.7 Å². The molecule has 2 N–H and O–H groups in total. The van der Waals surface area contributed by atoms with Gasteiger partial charge in [0.05, 0.1) is 5.92 Å². The highest BCUT2D eigenvalue weighted by atomic mass is 35.5. The second-order valence-electron chi connectivity index (χ2n) is 8.94. The third-order valence-corrected chi connectivity index (χ3v) is 7.29. The predicted molar refractivity (Wildman–Crippen MR) is 112 cm³/mol. The molecule has 0 bridgehead atoms. The molecule has 0 spiro atoms. The van der Waals surface area contributed by atoms with Gasteiger partial charge in [0.1, 0.15) is 6.04 Å². The Kier molecular flexibility index (Phi) is 7.57. The summed E-state index contributed by atoms with van der Waals surface area (Å²) in [5.74, 6) is -3.90. The number of hydrogen-bond donors (Lipinski definition) is 2. The Hall–Kier alpha value is -2.03. The zero-order valence-electron chi connectivity index (χ0n) is 17.8. The lowest BCUT2D eigenvalue weighted by atomic mass is 9.78. The molecule has 5 atom stereocenters. The maximum absolute atomic E-state index is 13.6. The van der Waals surface area contributed by atoms with Crippen molar-refractivity contribution in [1.29, 1.82) is 0 Å². The molecular weight excluding hydrogens is 449 g/mol. The van der Waals surface area contributed by atoms with E-state index in [9.17, 15) is 32.7 Å². The number of imide groups is 1. The van der Waals surface area contributed by atoms with Crippen molar-refractivity contribution in [2.75, 3.05) is 0 Å². The van der Waals surface area contributed by atoms with Crippen LogP contribution < -0.4 is 5.32 Å². The van der Waals surface area contributed by atoms with Gasteiger partial charge in [-0.25, -0.2) is 14.5 Å². The Balaban J connectivity index is 1.67. The van der Waals surface area contributed by atoms with E-state index in [1.165, 1.54) is 0 Å². The minimum absolute atomic E-state index is 0.0762. The van der Waals surface area contributed by atoms with Crippen LogP contribution in [-0.2, 0) is 9.59 Å². The lowest BCUT2D eigenvalue weighted by Crippen LogP contribution is -2.69. The van der Waals surface area contributed by atoms with Crippen molar-refractivity contribution in [3.8, 4) is 0 Å². The number of allylic oxidation sites excluding steroid dienone is 4. The molecule has 2 fully saturated rings. The third kappa shape index (κ3) is 5.13.